The van der Waals surface area contributed by atoms with E-state index in [1.807, 2.05) is 19.2 Å². The van der Waals surface area contributed by atoms with Crippen LogP contribution in [0, 0.1) is 5.92 Å². The van der Waals surface area contributed by atoms with Crippen molar-refractivity contribution in [3.63, 3.8) is 0 Å². The standard InChI is InChI=1S/C15H22N2O/c1-11(18)13-7-8-16-15(10-13)17-9-3-5-12-4-2-6-14(12)17/h7-8,10-12,14,18H,2-6,9H2,1H3. The summed E-state index contributed by atoms with van der Waals surface area (Å²) >= 11 is 0. The summed E-state index contributed by atoms with van der Waals surface area (Å²) in [7, 11) is 0. The number of nitrogens with zero attached hydrogens (tertiary/aromatic N) is 2. The second-order valence-corrected chi connectivity index (χ2v) is 5.72. The van der Waals surface area contributed by atoms with Gasteiger partial charge in [-0.2, -0.15) is 0 Å². The molecule has 0 bridgehead atoms. The quantitative estimate of drug-likeness (QED) is 0.871. The fourth-order valence-corrected chi connectivity index (χ4v) is 3.59. The van der Waals surface area contributed by atoms with E-state index in [4.69, 9.17) is 0 Å². The van der Waals surface area contributed by atoms with E-state index >= 15 is 0 Å². The summed E-state index contributed by atoms with van der Waals surface area (Å²) in [5.74, 6) is 1.93. The molecule has 0 amide bonds. The minimum absolute atomic E-state index is 0.407. The zero-order chi connectivity index (χ0) is 12.5. The number of aliphatic hydroxyl groups is 1. The first-order valence-corrected chi connectivity index (χ1v) is 7.16. The summed E-state index contributed by atoms with van der Waals surface area (Å²) in [5, 5.41) is 9.69. The fourth-order valence-electron chi connectivity index (χ4n) is 3.59. The van der Waals surface area contributed by atoms with E-state index in [9.17, 15) is 5.11 Å². The SMILES string of the molecule is CC(O)c1ccnc(N2CCCC3CCCC32)c1. The van der Waals surface area contributed by atoms with Crippen LogP contribution < -0.4 is 4.90 Å². The summed E-state index contributed by atoms with van der Waals surface area (Å²) in [6, 6.07) is 4.66. The molecule has 0 spiro atoms. The molecular formula is C15H22N2O. The fraction of sp³-hybridized carbons (Fsp3) is 0.667. The maximum absolute atomic E-state index is 9.69. The summed E-state index contributed by atoms with van der Waals surface area (Å²) in [6.07, 6.45) is 8.15. The van der Waals surface area contributed by atoms with E-state index in [2.05, 4.69) is 16.0 Å². The minimum atomic E-state index is -0.407. The van der Waals surface area contributed by atoms with Crippen LogP contribution >= 0.6 is 0 Å². The van der Waals surface area contributed by atoms with Gasteiger partial charge in [0.2, 0.25) is 0 Å². The number of pyridine rings is 1. The smallest absolute Gasteiger partial charge is 0.129 e. The normalized spacial score (nSPS) is 29.1. The lowest BCUT2D eigenvalue weighted by molar-refractivity contribution is 0.199. The molecular weight excluding hydrogens is 224 g/mol. The lowest BCUT2D eigenvalue weighted by Gasteiger charge is -2.38. The molecule has 3 atom stereocenters. The van der Waals surface area contributed by atoms with Crippen molar-refractivity contribution >= 4 is 5.82 Å². The van der Waals surface area contributed by atoms with Crippen LogP contribution in [0.1, 0.15) is 50.7 Å². The zero-order valence-electron chi connectivity index (χ0n) is 11.0. The van der Waals surface area contributed by atoms with Crippen LogP contribution in [-0.4, -0.2) is 22.7 Å². The highest BCUT2D eigenvalue weighted by molar-refractivity contribution is 5.43. The van der Waals surface area contributed by atoms with Crippen LogP contribution in [0.25, 0.3) is 0 Å². The molecule has 0 aromatic carbocycles. The van der Waals surface area contributed by atoms with Gasteiger partial charge < -0.3 is 10.0 Å². The number of rotatable bonds is 2. The maximum Gasteiger partial charge on any atom is 0.129 e. The van der Waals surface area contributed by atoms with E-state index < -0.39 is 6.10 Å². The van der Waals surface area contributed by atoms with Gasteiger partial charge in [0.15, 0.2) is 0 Å². The Balaban J connectivity index is 1.86. The number of piperidine rings is 1. The molecule has 1 aromatic rings. The second kappa shape index (κ2) is 4.88. The highest BCUT2D eigenvalue weighted by atomic mass is 16.3. The molecule has 2 fully saturated rings. The summed E-state index contributed by atoms with van der Waals surface area (Å²) < 4.78 is 0. The Bertz CT molecular complexity index is 419. The predicted octanol–water partition coefficient (Wildman–Crippen LogP) is 2.90. The molecule has 1 saturated carbocycles. The maximum atomic E-state index is 9.69. The number of aromatic nitrogens is 1. The number of fused-ring (bicyclic) bond motifs is 1. The Labute approximate surface area is 109 Å². The summed E-state index contributed by atoms with van der Waals surface area (Å²) in [4.78, 5) is 7.00. The molecule has 3 nitrogen and oxygen atoms in total. The third-order valence-corrected chi connectivity index (χ3v) is 4.54. The summed E-state index contributed by atoms with van der Waals surface area (Å²) in [5.41, 5.74) is 0.972. The first-order chi connectivity index (χ1) is 8.75. The molecule has 1 aliphatic carbocycles. The average molecular weight is 246 g/mol. The lowest BCUT2D eigenvalue weighted by Crippen LogP contribution is -2.43. The van der Waals surface area contributed by atoms with Crippen LogP contribution in [0.3, 0.4) is 0 Å². The molecule has 1 aliphatic heterocycles. The van der Waals surface area contributed by atoms with Gasteiger partial charge in [-0.3, -0.25) is 0 Å². The minimum Gasteiger partial charge on any atom is -0.389 e. The molecule has 1 saturated heterocycles. The van der Waals surface area contributed by atoms with Crippen molar-refractivity contribution in [2.75, 3.05) is 11.4 Å². The van der Waals surface area contributed by atoms with Gasteiger partial charge in [0.1, 0.15) is 5.82 Å². The van der Waals surface area contributed by atoms with Crippen molar-refractivity contribution in [1.82, 2.24) is 4.98 Å². The third-order valence-electron chi connectivity index (χ3n) is 4.54. The van der Waals surface area contributed by atoms with Crippen molar-refractivity contribution in [2.24, 2.45) is 5.92 Å². The Kier molecular flexibility index (Phi) is 3.25. The molecule has 3 heteroatoms. The predicted molar refractivity (Wildman–Crippen MR) is 72.6 cm³/mol. The largest absolute Gasteiger partial charge is 0.389 e. The first kappa shape index (κ1) is 12.0. The van der Waals surface area contributed by atoms with E-state index in [0.717, 1.165) is 23.8 Å². The molecule has 1 aromatic heterocycles. The van der Waals surface area contributed by atoms with E-state index in [-0.39, 0.29) is 0 Å². The van der Waals surface area contributed by atoms with Crippen molar-refractivity contribution in [1.29, 1.82) is 0 Å². The Morgan fingerprint density at radius 2 is 2.17 bits per heavy atom. The monoisotopic (exact) mass is 246 g/mol. The zero-order valence-corrected chi connectivity index (χ0v) is 11.0. The molecule has 0 radical (unpaired) electrons. The number of hydrogen-bond acceptors (Lipinski definition) is 3. The van der Waals surface area contributed by atoms with E-state index in [0.29, 0.717) is 6.04 Å². The van der Waals surface area contributed by atoms with Crippen molar-refractivity contribution < 1.29 is 5.11 Å². The van der Waals surface area contributed by atoms with Gasteiger partial charge >= 0.3 is 0 Å². The Morgan fingerprint density at radius 3 is 3.00 bits per heavy atom. The van der Waals surface area contributed by atoms with Crippen LogP contribution in [0.4, 0.5) is 5.82 Å². The van der Waals surface area contributed by atoms with Gasteiger partial charge in [0.05, 0.1) is 6.10 Å². The van der Waals surface area contributed by atoms with Gasteiger partial charge in [0.25, 0.3) is 0 Å². The van der Waals surface area contributed by atoms with Crippen molar-refractivity contribution in [3.8, 4) is 0 Å². The van der Waals surface area contributed by atoms with Gasteiger partial charge in [-0.05, 0) is 56.2 Å². The van der Waals surface area contributed by atoms with Gasteiger partial charge in [0, 0.05) is 18.8 Å². The molecule has 98 valence electrons. The number of anilines is 1. The van der Waals surface area contributed by atoms with Crippen molar-refractivity contribution in [3.05, 3.63) is 23.9 Å². The topological polar surface area (TPSA) is 36.4 Å². The summed E-state index contributed by atoms with van der Waals surface area (Å²) in [6.45, 7) is 2.94. The first-order valence-electron chi connectivity index (χ1n) is 7.16. The molecule has 2 heterocycles. The lowest BCUT2D eigenvalue weighted by atomic mass is 9.92. The van der Waals surface area contributed by atoms with Gasteiger partial charge in [-0.15, -0.1) is 0 Å². The second-order valence-electron chi connectivity index (χ2n) is 5.72. The van der Waals surface area contributed by atoms with Gasteiger partial charge in [-0.1, -0.05) is 6.42 Å². The van der Waals surface area contributed by atoms with E-state index in [1.54, 1.807) is 0 Å². The molecule has 3 unspecified atom stereocenters. The molecule has 2 aliphatic rings. The van der Waals surface area contributed by atoms with Crippen molar-refractivity contribution in [2.45, 2.75) is 51.2 Å². The molecule has 3 rings (SSSR count). The average Bonchev–Trinajstić information content (AvgIpc) is 2.87. The van der Waals surface area contributed by atoms with Gasteiger partial charge in [-0.25, -0.2) is 4.98 Å². The van der Waals surface area contributed by atoms with E-state index in [1.165, 1.54) is 32.1 Å². The number of hydrogen-bond donors (Lipinski definition) is 1. The Morgan fingerprint density at radius 1 is 1.33 bits per heavy atom. The third kappa shape index (κ3) is 2.12. The highest BCUT2D eigenvalue weighted by Gasteiger charge is 2.35. The van der Waals surface area contributed by atoms with Crippen LogP contribution in [0.5, 0.6) is 0 Å². The van der Waals surface area contributed by atoms with Crippen LogP contribution in [0.15, 0.2) is 18.3 Å². The molecule has 1 N–H and O–H groups in total. The van der Waals surface area contributed by atoms with Crippen LogP contribution in [-0.2, 0) is 0 Å². The molecule has 18 heavy (non-hydrogen) atoms. The Hall–Kier alpha value is -1.09. The van der Waals surface area contributed by atoms with Crippen LogP contribution in [0.2, 0.25) is 0 Å². The number of aliphatic hydroxyl groups excluding tert-OH is 1. The highest BCUT2D eigenvalue weighted by Crippen LogP contribution is 2.38.